The van der Waals surface area contributed by atoms with Gasteiger partial charge in [0, 0.05) is 29.5 Å². The van der Waals surface area contributed by atoms with E-state index in [4.69, 9.17) is 10.3 Å². The molecule has 1 saturated heterocycles. The highest BCUT2D eigenvalue weighted by Gasteiger charge is 2.25. The molecule has 1 fully saturated rings. The highest BCUT2D eigenvalue weighted by Crippen LogP contribution is 2.28. The van der Waals surface area contributed by atoms with Gasteiger partial charge < -0.3 is 4.42 Å². The van der Waals surface area contributed by atoms with Crippen LogP contribution in [-0.4, -0.2) is 34.9 Å². The van der Waals surface area contributed by atoms with Gasteiger partial charge >= 0.3 is 0 Å². The Kier molecular flexibility index (Phi) is 4.19. The van der Waals surface area contributed by atoms with E-state index in [2.05, 4.69) is 17.2 Å². The third kappa shape index (κ3) is 2.79. The highest BCUT2D eigenvalue weighted by molar-refractivity contribution is 7.99. The van der Waals surface area contributed by atoms with Gasteiger partial charge in [-0.2, -0.15) is 11.8 Å². The van der Waals surface area contributed by atoms with Crippen LogP contribution in [0.25, 0.3) is 11.0 Å². The van der Waals surface area contributed by atoms with Crippen molar-refractivity contribution < 1.29 is 9.21 Å². The average molecular weight is 305 g/mol. The largest absolute Gasteiger partial charge is 0.459 e. The van der Waals surface area contributed by atoms with Crippen LogP contribution in [-0.2, 0) is 6.54 Å². The molecular weight excluding hydrogens is 286 g/mol. The van der Waals surface area contributed by atoms with Crippen LogP contribution >= 0.6 is 11.8 Å². The molecule has 1 aromatic heterocycles. The predicted octanol–water partition coefficient (Wildman–Crippen LogP) is 1.97. The number of rotatable bonds is 3. The number of furan rings is 1. The lowest BCUT2D eigenvalue weighted by Crippen LogP contribution is -2.40. The summed E-state index contributed by atoms with van der Waals surface area (Å²) in [6, 6.07) is 8.05. The molecule has 1 aromatic carbocycles. The van der Waals surface area contributed by atoms with E-state index in [-0.39, 0.29) is 5.91 Å². The maximum absolute atomic E-state index is 12.1. The minimum Gasteiger partial charge on any atom is -0.459 e. The summed E-state index contributed by atoms with van der Waals surface area (Å²) < 4.78 is 5.91. The molecule has 0 bridgehead atoms. The van der Waals surface area contributed by atoms with Crippen molar-refractivity contribution in [3.05, 3.63) is 35.6 Å². The van der Waals surface area contributed by atoms with Crippen LogP contribution in [0.1, 0.15) is 23.0 Å². The second-order valence-corrected chi connectivity index (χ2v) is 6.41. The number of benzene rings is 1. The first kappa shape index (κ1) is 14.4. The maximum atomic E-state index is 12.1. The second-order valence-electron chi connectivity index (χ2n) is 5.26. The zero-order valence-corrected chi connectivity index (χ0v) is 12.8. The number of nitrogens with two attached hydrogens (primary N) is 1. The molecule has 0 aliphatic carbocycles. The first-order valence-electron chi connectivity index (χ1n) is 7.04. The summed E-state index contributed by atoms with van der Waals surface area (Å²) >= 11 is 1.97. The molecule has 21 heavy (non-hydrogen) atoms. The summed E-state index contributed by atoms with van der Waals surface area (Å²) in [6.45, 7) is 3.85. The van der Waals surface area contributed by atoms with E-state index in [0.29, 0.717) is 23.9 Å². The van der Waals surface area contributed by atoms with Gasteiger partial charge in [0.1, 0.15) is 11.3 Å². The lowest BCUT2D eigenvalue weighted by molar-refractivity contribution is 0.0950. The Balaban J connectivity index is 1.98. The van der Waals surface area contributed by atoms with Crippen LogP contribution in [0.3, 0.4) is 0 Å². The molecule has 2 aromatic rings. The van der Waals surface area contributed by atoms with Crippen molar-refractivity contribution in [1.29, 1.82) is 0 Å². The van der Waals surface area contributed by atoms with Crippen molar-refractivity contribution in [3.8, 4) is 0 Å². The number of fused-ring (bicyclic) bond motifs is 1. The average Bonchev–Trinajstić information content (AvgIpc) is 2.87. The molecule has 1 unspecified atom stereocenters. The topological polar surface area (TPSA) is 71.5 Å². The normalized spacial score (nSPS) is 19.8. The molecule has 0 saturated carbocycles. The predicted molar refractivity (Wildman–Crippen MR) is 85.1 cm³/mol. The summed E-state index contributed by atoms with van der Waals surface area (Å²) in [7, 11) is 0. The summed E-state index contributed by atoms with van der Waals surface area (Å²) in [6.07, 6.45) is 0. The van der Waals surface area contributed by atoms with Crippen molar-refractivity contribution in [1.82, 2.24) is 10.3 Å². The van der Waals surface area contributed by atoms with Crippen molar-refractivity contribution in [2.24, 2.45) is 5.84 Å². The fourth-order valence-corrected chi connectivity index (χ4v) is 3.79. The Labute approximate surface area is 127 Å². The number of nitrogen functional groups attached to an aromatic ring is 1. The third-order valence-corrected chi connectivity index (χ3v) is 5.07. The number of hydrogen-bond acceptors (Lipinski definition) is 5. The van der Waals surface area contributed by atoms with Gasteiger partial charge in [-0.25, -0.2) is 5.84 Å². The molecule has 1 aliphatic rings. The molecule has 0 radical (unpaired) electrons. The molecule has 0 spiro atoms. The fraction of sp³-hybridized carbons (Fsp3) is 0.400. The van der Waals surface area contributed by atoms with Crippen LogP contribution in [0.2, 0.25) is 0 Å². The molecular formula is C15H19N3O2S. The zero-order valence-electron chi connectivity index (χ0n) is 12.0. The summed E-state index contributed by atoms with van der Waals surface area (Å²) in [5.41, 5.74) is 3.51. The summed E-state index contributed by atoms with van der Waals surface area (Å²) in [5, 5.41) is 0.814. The number of carbonyl (C=O) groups is 1. The Morgan fingerprint density at radius 2 is 2.33 bits per heavy atom. The lowest BCUT2D eigenvalue weighted by Gasteiger charge is -2.32. The van der Waals surface area contributed by atoms with Crippen LogP contribution in [0.15, 0.2) is 28.7 Å². The minimum absolute atomic E-state index is 0.297. The number of nitrogens with zero attached hydrogens (tertiary/aromatic N) is 1. The molecule has 1 aliphatic heterocycles. The van der Waals surface area contributed by atoms with Crippen LogP contribution in [0.4, 0.5) is 0 Å². The maximum Gasteiger partial charge on any atom is 0.269 e. The van der Waals surface area contributed by atoms with E-state index in [1.165, 1.54) is 0 Å². The molecule has 2 heterocycles. The van der Waals surface area contributed by atoms with Gasteiger partial charge in [0.05, 0.1) is 12.1 Å². The first-order chi connectivity index (χ1) is 10.2. The van der Waals surface area contributed by atoms with Crippen molar-refractivity contribution in [3.63, 3.8) is 0 Å². The Bertz CT molecular complexity index is 655. The van der Waals surface area contributed by atoms with Crippen LogP contribution in [0.5, 0.6) is 0 Å². The number of nitrogens with one attached hydrogen (secondary N) is 1. The molecule has 6 heteroatoms. The van der Waals surface area contributed by atoms with E-state index in [0.717, 1.165) is 29.0 Å². The van der Waals surface area contributed by atoms with E-state index in [9.17, 15) is 4.79 Å². The SMILES string of the molecule is CC1CSCCN1Cc1oc2ccccc2c1C(=O)NN. The number of thioether (sulfide) groups is 1. The smallest absolute Gasteiger partial charge is 0.269 e. The van der Waals surface area contributed by atoms with Gasteiger partial charge in [-0.15, -0.1) is 0 Å². The molecule has 5 nitrogen and oxygen atoms in total. The minimum atomic E-state index is -0.297. The highest BCUT2D eigenvalue weighted by atomic mass is 32.2. The van der Waals surface area contributed by atoms with Gasteiger partial charge in [-0.1, -0.05) is 18.2 Å². The molecule has 1 amide bonds. The molecule has 3 N–H and O–H groups in total. The standard InChI is InChI=1S/C15H19N3O2S/c1-10-9-21-7-6-18(10)8-13-14(15(19)17-16)11-4-2-3-5-12(11)20-13/h2-5,10H,6-9,16H2,1H3,(H,17,19). The van der Waals surface area contributed by atoms with Crippen molar-refractivity contribution in [2.45, 2.75) is 19.5 Å². The Morgan fingerprint density at radius 3 is 3.10 bits per heavy atom. The summed E-state index contributed by atoms with van der Waals surface area (Å²) in [5.74, 6) is 7.94. The lowest BCUT2D eigenvalue weighted by atomic mass is 10.1. The first-order valence-corrected chi connectivity index (χ1v) is 8.19. The monoisotopic (exact) mass is 305 g/mol. The van der Waals surface area contributed by atoms with Crippen molar-refractivity contribution >= 4 is 28.6 Å². The molecule has 112 valence electrons. The zero-order chi connectivity index (χ0) is 14.8. The molecule has 3 rings (SSSR count). The van der Waals surface area contributed by atoms with Gasteiger partial charge in [-0.3, -0.25) is 15.1 Å². The molecule has 1 atom stereocenters. The Hall–Kier alpha value is -1.50. The van der Waals surface area contributed by atoms with E-state index in [1.807, 2.05) is 36.0 Å². The summed E-state index contributed by atoms with van der Waals surface area (Å²) in [4.78, 5) is 14.5. The number of hydrazine groups is 1. The van der Waals surface area contributed by atoms with Gasteiger partial charge in [0.15, 0.2) is 0 Å². The van der Waals surface area contributed by atoms with E-state index in [1.54, 1.807) is 0 Å². The van der Waals surface area contributed by atoms with Crippen LogP contribution < -0.4 is 11.3 Å². The van der Waals surface area contributed by atoms with Crippen LogP contribution in [0, 0.1) is 0 Å². The number of amides is 1. The fourth-order valence-electron chi connectivity index (χ4n) is 2.71. The quantitative estimate of drug-likeness (QED) is 0.515. The number of carbonyl (C=O) groups excluding carboxylic acids is 1. The number of hydrogen-bond donors (Lipinski definition) is 2. The van der Waals surface area contributed by atoms with E-state index < -0.39 is 0 Å². The van der Waals surface area contributed by atoms with Gasteiger partial charge in [0.2, 0.25) is 0 Å². The van der Waals surface area contributed by atoms with E-state index >= 15 is 0 Å². The Morgan fingerprint density at radius 1 is 1.52 bits per heavy atom. The van der Waals surface area contributed by atoms with Gasteiger partial charge in [-0.05, 0) is 13.0 Å². The van der Waals surface area contributed by atoms with Crippen molar-refractivity contribution in [2.75, 3.05) is 18.1 Å². The second kappa shape index (κ2) is 6.09. The number of para-hydroxylation sites is 1. The third-order valence-electron chi connectivity index (χ3n) is 3.88. The van der Waals surface area contributed by atoms with Gasteiger partial charge in [0.25, 0.3) is 5.91 Å².